The van der Waals surface area contributed by atoms with Gasteiger partial charge in [-0.05, 0) is 35.7 Å². The number of hydrogen-bond donors (Lipinski definition) is 1. The van der Waals surface area contributed by atoms with Gasteiger partial charge in [0.1, 0.15) is 11.6 Å². The lowest BCUT2D eigenvalue weighted by Crippen LogP contribution is -2.23. The van der Waals surface area contributed by atoms with Crippen LogP contribution in [0.4, 0.5) is 4.39 Å². The molecule has 8 heteroatoms. The van der Waals surface area contributed by atoms with Crippen molar-refractivity contribution in [3.63, 3.8) is 0 Å². The molecule has 31 heavy (non-hydrogen) atoms. The second-order valence-corrected chi connectivity index (χ2v) is 8.57. The Morgan fingerprint density at radius 2 is 2.00 bits per heavy atom. The van der Waals surface area contributed by atoms with Crippen LogP contribution in [-0.2, 0) is 6.54 Å². The molecule has 6 nitrogen and oxygen atoms in total. The first-order valence-corrected chi connectivity index (χ1v) is 10.6. The van der Waals surface area contributed by atoms with E-state index in [9.17, 15) is 9.18 Å². The van der Waals surface area contributed by atoms with E-state index in [-0.39, 0.29) is 17.3 Å². The summed E-state index contributed by atoms with van der Waals surface area (Å²) >= 11 is 5.99. The predicted molar refractivity (Wildman–Crippen MR) is 118 cm³/mol. The topological polar surface area (TPSA) is 66.3 Å². The van der Waals surface area contributed by atoms with Crippen LogP contribution in [0.3, 0.4) is 0 Å². The van der Waals surface area contributed by atoms with Gasteiger partial charge in [0.05, 0.1) is 6.20 Å². The quantitative estimate of drug-likeness (QED) is 0.521. The number of nitrogens with one attached hydrogen (secondary N) is 1. The van der Waals surface area contributed by atoms with E-state index in [1.54, 1.807) is 12.1 Å². The van der Waals surface area contributed by atoms with Crippen LogP contribution in [0.15, 0.2) is 59.5 Å². The second-order valence-electron chi connectivity index (χ2n) is 8.13. The third kappa shape index (κ3) is 3.86. The monoisotopic (exact) mass is 437 g/mol. The van der Waals surface area contributed by atoms with Crippen molar-refractivity contribution in [1.29, 1.82) is 0 Å². The molecule has 0 spiro atoms. The number of aromatic nitrogens is 4. The Morgan fingerprint density at radius 3 is 2.77 bits per heavy atom. The van der Waals surface area contributed by atoms with Gasteiger partial charge in [0, 0.05) is 36.1 Å². The van der Waals surface area contributed by atoms with E-state index in [4.69, 9.17) is 16.7 Å². The van der Waals surface area contributed by atoms with E-state index in [2.05, 4.69) is 21.8 Å². The molecular formula is C23H21ClFN5O. The van der Waals surface area contributed by atoms with Gasteiger partial charge < -0.3 is 4.98 Å². The van der Waals surface area contributed by atoms with Crippen LogP contribution in [-0.4, -0.2) is 37.6 Å². The predicted octanol–water partition coefficient (Wildman–Crippen LogP) is 4.11. The normalized spacial score (nSPS) is 19.3. The number of benzene rings is 2. The van der Waals surface area contributed by atoms with Crippen LogP contribution in [0.1, 0.15) is 24.2 Å². The van der Waals surface area contributed by atoms with E-state index in [1.165, 1.54) is 28.4 Å². The highest BCUT2D eigenvalue weighted by molar-refractivity contribution is 6.30. The maximum Gasteiger partial charge on any atom is 0.276 e. The van der Waals surface area contributed by atoms with Crippen LogP contribution in [0, 0.1) is 11.7 Å². The molecule has 0 radical (unpaired) electrons. The van der Waals surface area contributed by atoms with Gasteiger partial charge >= 0.3 is 0 Å². The van der Waals surface area contributed by atoms with Crippen molar-refractivity contribution in [3.8, 4) is 11.4 Å². The molecular weight excluding hydrogens is 417 g/mol. The number of fused-ring (bicyclic) bond motifs is 1. The van der Waals surface area contributed by atoms with Crippen LogP contribution in [0.25, 0.3) is 16.9 Å². The Labute approximate surface area is 183 Å². The van der Waals surface area contributed by atoms with Crippen molar-refractivity contribution in [2.24, 2.45) is 5.92 Å². The van der Waals surface area contributed by atoms with Crippen LogP contribution >= 0.6 is 11.6 Å². The average molecular weight is 438 g/mol. The largest absolute Gasteiger partial charge is 0.307 e. The summed E-state index contributed by atoms with van der Waals surface area (Å²) < 4.78 is 15.2. The molecule has 158 valence electrons. The zero-order valence-electron chi connectivity index (χ0n) is 16.9. The summed E-state index contributed by atoms with van der Waals surface area (Å²) in [6, 6.07) is 14.0. The fourth-order valence-corrected chi connectivity index (χ4v) is 4.43. The fourth-order valence-electron chi connectivity index (χ4n) is 4.31. The number of rotatable bonds is 4. The highest BCUT2D eigenvalue weighted by atomic mass is 35.5. The SMILES string of the molecule is CC1CN(Cc2ccc(Cl)cc2)CC1c1nn2c(-c3cccc(F)c3)ncc2c(=O)[nH]1. The van der Waals surface area contributed by atoms with Crippen molar-refractivity contribution >= 4 is 17.1 Å². The molecule has 1 fully saturated rings. The van der Waals surface area contributed by atoms with E-state index in [0.29, 0.717) is 28.6 Å². The maximum absolute atomic E-state index is 13.7. The van der Waals surface area contributed by atoms with Gasteiger partial charge in [0.15, 0.2) is 11.3 Å². The first-order chi connectivity index (χ1) is 15.0. The first kappa shape index (κ1) is 19.9. The van der Waals surface area contributed by atoms with Gasteiger partial charge in [-0.15, -0.1) is 0 Å². The molecule has 0 amide bonds. The molecule has 2 aromatic carbocycles. The number of imidazole rings is 1. The van der Waals surface area contributed by atoms with Crippen LogP contribution in [0.2, 0.25) is 5.02 Å². The molecule has 2 unspecified atom stereocenters. The minimum absolute atomic E-state index is 0.0761. The number of H-pyrrole nitrogens is 1. The molecule has 1 saturated heterocycles. The molecule has 1 aliphatic rings. The molecule has 1 aliphatic heterocycles. The van der Waals surface area contributed by atoms with Crippen molar-refractivity contribution in [1.82, 2.24) is 24.5 Å². The van der Waals surface area contributed by atoms with Crippen molar-refractivity contribution in [2.45, 2.75) is 19.4 Å². The van der Waals surface area contributed by atoms with E-state index in [0.717, 1.165) is 24.7 Å². The summed E-state index contributed by atoms with van der Waals surface area (Å²) in [4.78, 5) is 22.3. The fraction of sp³-hybridized carbons (Fsp3) is 0.261. The summed E-state index contributed by atoms with van der Waals surface area (Å²) in [5.41, 5.74) is 1.86. The van der Waals surface area contributed by atoms with Gasteiger partial charge in [-0.1, -0.05) is 42.8 Å². The Morgan fingerprint density at radius 1 is 1.19 bits per heavy atom. The third-order valence-electron chi connectivity index (χ3n) is 5.86. The molecule has 2 aromatic heterocycles. The number of halogens is 2. The van der Waals surface area contributed by atoms with Gasteiger partial charge in [0.2, 0.25) is 0 Å². The summed E-state index contributed by atoms with van der Waals surface area (Å²) in [6.07, 6.45) is 1.47. The smallest absolute Gasteiger partial charge is 0.276 e. The summed E-state index contributed by atoms with van der Waals surface area (Å²) in [5.74, 6) is 1.10. The van der Waals surface area contributed by atoms with Crippen molar-refractivity contribution in [2.75, 3.05) is 13.1 Å². The van der Waals surface area contributed by atoms with Gasteiger partial charge in [0.25, 0.3) is 5.56 Å². The zero-order chi connectivity index (χ0) is 21.5. The zero-order valence-corrected chi connectivity index (χ0v) is 17.7. The molecule has 0 aliphatic carbocycles. The second kappa shape index (κ2) is 7.90. The molecule has 5 rings (SSSR count). The van der Waals surface area contributed by atoms with Gasteiger partial charge in [-0.25, -0.2) is 13.9 Å². The molecule has 1 N–H and O–H groups in total. The minimum atomic E-state index is -0.360. The lowest BCUT2D eigenvalue weighted by Gasteiger charge is -2.16. The molecule has 4 aromatic rings. The summed E-state index contributed by atoms with van der Waals surface area (Å²) in [7, 11) is 0. The Balaban J connectivity index is 1.46. The van der Waals surface area contributed by atoms with Crippen molar-refractivity contribution < 1.29 is 4.39 Å². The number of likely N-dealkylation sites (tertiary alicyclic amines) is 1. The molecule has 3 heterocycles. The van der Waals surface area contributed by atoms with Crippen LogP contribution < -0.4 is 5.56 Å². The summed E-state index contributed by atoms with van der Waals surface area (Å²) in [6.45, 7) is 4.65. The van der Waals surface area contributed by atoms with E-state index >= 15 is 0 Å². The number of nitrogens with zero attached hydrogens (tertiary/aromatic N) is 4. The van der Waals surface area contributed by atoms with Gasteiger partial charge in [-0.3, -0.25) is 9.69 Å². The average Bonchev–Trinajstić information content (AvgIpc) is 3.33. The van der Waals surface area contributed by atoms with E-state index in [1.807, 2.05) is 24.3 Å². The highest BCUT2D eigenvalue weighted by Gasteiger charge is 2.33. The lowest BCUT2D eigenvalue weighted by molar-refractivity contribution is 0.318. The number of hydrogen-bond acceptors (Lipinski definition) is 4. The highest BCUT2D eigenvalue weighted by Crippen LogP contribution is 2.31. The third-order valence-corrected chi connectivity index (χ3v) is 6.11. The Bertz CT molecular complexity index is 1300. The molecule has 0 saturated carbocycles. The van der Waals surface area contributed by atoms with Gasteiger partial charge in [-0.2, -0.15) is 5.10 Å². The lowest BCUT2D eigenvalue weighted by atomic mass is 9.97. The molecule has 2 atom stereocenters. The maximum atomic E-state index is 13.7. The Hall–Kier alpha value is -3.03. The first-order valence-electron chi connectivity index (χ1n) is 10.2. The Kier molecular flexibility index (Phi) is 5.08. The van der Waals surface area contributed by atoms with Crippen molar-refractivity contribution in [3.05, 3.63) is 87.3 Å². The summed E-state index contributed by atoms with van der Waals surface area (Å²) in [5, 5.41) is 5.44. The standard InChI is InChI=1S/C23H21ClFN5O/c1-14-11-29(12-15-5-7-17(24)8-6-15)13-19(14)21-27-23(31)20-10-26-22(30(20)28-21)16-3-2-4-18(25)9-16/h2-10,14,19H,11-13H2,1H3,(H,27,28,31). The molecule has 0 bridgehead atoms. The minimum Gasteiger partial charge on any atom is -0.307 e. The van der Waals surface area contributed by atoms with E-state index < -0.39 is 0 Å². The van der Waals surface area contributed by atoms with Crippen LogP contribution in [0.5, 0.6) is 0 Å². The number of aromatic amines is 1.